The number of aromatic nitrogens is 1. The van der Waals surface area contributed by atoms with Crippen LogP contribution in [0.3, 0.4) is 0 Å². The van der Waals surface area contributed by atoms with Gasteiger partial charge in [-0.25, -0.2) is 0 Å². The van der Waals surface area contributed by atoms with Gasteiger partial charge in [-0.3, -0.25) is 9.69 Å². The van der Waals surface area contributed by atoms with Crippen LogP contribution in [0.15, 0.2) is 12.3 Å². The molecule has 5 nitrogen and oxygen atoms in total. The summed E-state index contributed by atoms with van der Waals surface area (Å²) in [5.41, 5.74) is 0.765. The fourth-order valence-electron chi connectivity index (χ4n) is 3.26. The number of nitrogens with one attached hydrogen (secondary N) is 1. The molecule has 1 saturated carbocycles. The van der Waals surface area contributed by atoms with Gasteiger partial charge < -0.3 is 14.8 Å². The first-order valence-electron chi connectivity index (χ1n) is 7.84. The minimum absolute atomic E-state index is 0.139. The van der Waals surface area contributed by atoms with E-state index in [9.17, 15) is 4.79 Å². The zero-order valence-corrected chi connectivity index (χ0v) is 12.9. The number of halogens is 1. The molecule has 4 rings (SSSR count). The maximum Gasteiger partial charge on any atom is 0.270 e. The average molecular weight is 309 g/mol. The largest absolute Gasteiger partial charge is 0.339 e. The van der Waals surface area contributed by atoms with Crippen molar-refractivity contribution < 1.29 is 4.79 Å². The Balaban J connectivity index is 1.43. The van der Waals surface area contributed by atoms with Gasteiger partial charge in [-0.1, -0.05) is 11.6 Å². The van der Waals surface area contributed by atoms with Crippen molar-refractivity contribution in [3.63, 3.8) is 0 Å². The van der Waals surface area contributed by atoms with Crippen molar-refractivity contribution in [3.05, 3.63) is 23.0 Å². The molecular weight excluding hydrogens is 288 g/mol. The monoisotopic (exact) mass is 308 g/mol. The summed E-state index contributed by atoms with van der Waals surface area (Å²) in [5, 5.41) is 3.98. The summed E-state index contributed by atoms with van der Waals surface area (Å²) in [6, 6.07) is 2.98. The van der Waals surface area contributed by atoms with Gasteiger partial charge in [0.15, 0.2) is 0 Å². The lowest BCUT2D eigenvalue weighted by molar-refractivity contribution is 0.0493. The Morgan fingerprint density at radius 2 is 1.86 bits per heavy atom. The van der Waals surface area contributed by atoms with Crippen LogP contribution in [0.25, 0.3) is 0 Å². The summed E-state index contributed by atoms with van der Waals surface area (Å²) in [5.74, 6) is 0.139. The molecule has 21 heavy (non-hydrogen) atoms. The Morgan fingerprint density at radius 1 is 1.14 bits per heavy atom. The van der Waals surface area contributed by atoms with E-state index in [1.165, 1.54) is 0 Å². The van der Waals surface area contributed by atoms with Crippen LogP contribution in [0.2, 0.25) is 5.02 Å². The molecule has 3 fully saturated rings. The first-order valence-corrected chi connectivity index (χ1v) is 8.21. The van der Waals surface area contributed by atoms with Crippen LogP contribution in [-0.4, -0.2) is 65.6 Å². The first-order chi connectivity index (χ1) is 10.2. The summed E-state index contributed by atoms with van der Waals surface area (Å²) in [6.45, 7) is 5.79. The number of rotatable bonds is 3. The van der Waals surface area contributed by atoms with Gasteiger partial charge in [-0.05, 0) is 18.9 Å². The Morgan fingerprint density at radius 3 is 2.43 bits per heavy atom. The fourth-order valence-corrected chi connectivity index (χ4v) is 3.46. The second-order valence-electron chi connectivity index (χ2n) is 6.32. The Kier molecular flexibility index (Phi) is 3.44. The van der Waals surface area contributed by atoms with E-state index in [2.05, 4.69) is 14.8 Å². The average Bonchev–Trinajstić information content (AvgIpc) is 3.20. The van der Waals surface area contributed by atoms with Crippen LogP contribution in [0, 0.1) is 0 Å². The zero-order valence-electron chi connectivity index (χ0n) is 12.1. The van der Waals surface area contributed by atoms with Gasteiger partial charge in [0, 0.05) is 57.5 Å². The van der Waals surface area contributed by atoms with E-state index < -0.39 is 0 Å². The van der Waals surface area contributed by atoms with E-state index >= 15 is 0 Å². The molecule has 2 saturated heterocycles. The maximum atomic E-state index is 12.7. The smallest absolute Gasteiger partial charge is 0.270 e. The van der Waals surface area contributed by atoms with Crippen molar-refractivity contribution in [2.24, 2.45) is 0 Å². The fraction of sp³-hybridized carbons (Fsp3) is 0.667. The van der Waals surface area contributed by atoms with Crippen LogP contribution in [0.4, 0.5) is 0 Å². The van der Waals surface area contributed by atoms with Gasteiger partial charge >= 0.3 is 0 Å². The van der Waals surface area contributed by atoms with E-state index in [1.54, 1.807) is 0 Å². The number of piperazine rings is 1. The second kappa shape index (κ2) is 5.30. The highest BCUT2D eigenvalue weighted by atomic mass is 35.5. The third kappa shape index (κ3) is 2.58. The minimum atomic E-state index is 0.139. The molecule has 0 aromatic carbocycles. The summed E-state index contributed by atoms with van der Waals surface area (Å²) in [4.78, 5) is 17.2. The number of carbonyl (C=O) groups excluding carboxylic acids is 1. The lowest BCUT2D eigenvalue weighted by Crippen LogP contribution is -2.62. The highest BCUT2D eigenvalue weighted by Crippen LogP contribution is 2.37. The highest BCUT2D eigenvalue weighted by Gasteiger charge is 2.32. The number of carbonyl (C=O) groups is 1. The Labute approximate surface area is 129 Å². The molecule has 0 unspecified atom stereocenters. The Hall–Kier alpha value is -1.04. The molecule has 6 heteroatoms. The molecule has 0 atom stereocenters. The summed E-state index contributed by atoms with van der Waals surface area (Å²) < 4.78 is 2.08. The predicted octanol–water partition coefficient (Wildman–Crippen LogP) is 1.21. The SMILES string of the molecule is O=C(c1cc(Cl)cn1C1CC1)N1CCN(C2CNC2)CC1. The van der Waals surface area contributed by atoms with Gasteiger partial charge in [0.2, 0.25) is 0 Å². The molecule has 3 heterocycles. The van der Waals surface area contributed by atoms with E-state index in [4.69, 9.17) is 11.6 Å². The highest BCUT2D eigenvalue weighted by molar-refractivity contribution is 6.31. The molecule has 114 valence electrons. The van der Waals surface area contributed by atoms with Gasteiger partial charge in [0.1, 0.15) is 5.69 Å². The van der Waals surface area contributed by atoms with Crippen LogP contribution in [0.5, 0.6) is 0 Å². The normalized spacial score (nSPS) is 24.1. The first kappa shape index (κ1) is 13.6. The summed E-state index contributed by atoms with van der Waals surface area (Å²) >= 11 is 6.10. The van der Waals surface area contributed by atoms with Crippen LogP contribution in [-0.2, 0) is 0 Å². The molecule has 2 aliphatic heterocycles. The van der Waals surface area contributed by atoms with E-state index in [1.807, 2.05) is 17.2 Å². The van der Waals surface area contributed by atoms with Crippen molar-refractivity contribution in [1.29, 1.82) is 0 Å². The van der Waals surface area contributed by atoms with Crippen LogP contribution >= 0.6 is 11.6 Å². The number of nitrogens with zero attached hydrogens (tertiary/aromatic N) is 3. The second-order valence-corrected chi connectivity index (χ2v) is 6.76. The molecule has 1 amide bonds. The summed E-state index contributed by atoms with van der Waals surface area (Å²) in [6.07, 6.45) is 4.23. The number of hydrogen-bond acceptors (Lipinski definition) is 3. The number of amides is 1. The van der Waals surface area contributed by atoms with E-state index in [0.29, 0.717) is 17.1 Å². The van der Waals surface area contributed by atoms with Crippen molar-refractivity contribution in [1.82, 2.24) is 19.7 Å². The molecule has 0 radical (unpaired) electrons. The third-order valence-electron chi connectivity index (χ3n) is 4.85. The topological polar surface area (TPSA) is 40.5 Å². The minimum Gasteiger partial charge on any atom is -0.339 e. The Bertz CT molecular complexity index is 542. The van der Waals surface area contributed by atoms with Crippen molar-refractivity contribution >= 4 is 17.5 Å². The molecule has 1 N–H and O–H groups in total. The van der Waals surface area contributed by atoms with E-state index in [0.717, 1.165) is 57.8 Å². The summed E-state index contributed by atoms with van der Waals surface area (Å²) in [7, 11) is 0. The van der Waals surface area contributed by atoms with Crippen molar-refractivity contribution in [3.8, 4) is 0 Å². The lowest BCUT2D eigenvalue weighted by Gasteiger charge is -2.43. The van der Waals surface area contributed by atoms with E-state index in [-0.39, 0.29) is 5.91 Å². The van der Waals surface area contributed by atoms with Gasteiger partial charge in [-0.2, -0.15) is 0 Å². The van der Waals surface area contributed by atoms with Gasteiger partial charge in [0.05, 0.1) is 5.02 Å². The molecule has 1 aliphatic carbocycles. The lowest BCUT2D eigenvalue weighted by atomic mass is 10.1. The molecule has 0 bridgehead atoms. The van der Waals surface area contributed by atoms with Crippen molar-refractivity contribution in [2.45, 2.75) is 24.9 Å². The number of hydrogen-bond donors (Lipinski definition) is 1. The quantitative estimate of drug-likeness (QED) is 0.912. The van der Waals surface area contributed by atoms with Gasteiger partial charge in [-0.15, -0.1) is 0 Å². The molecule has 0 spiro atoms. The van der Waals surface area contributed by atoms with Crippen LogP contribution < -0.4 is 5.32 Å². The zero-order chi connectivity index (χ0) is 14.4. The third-order valence-corrected chi connectivity index (χ3v) is 5.06. The molecule has 1 aromatic rings. The standard InChI is InChI=1S/C15H21ClN4O/c16-11-7-14(20(10-11)12-1-2-12)15(21)19-5-3-18(4-6-19)13-8-17-9-13/h7,10,12-13,17H,1-6,8-9H2. The predicted molar refractivity (Wildman–Crippen MR) is 81.8 cm³/mol. The molecule has 1 aromatic heterocycles. The van der Waals surface area contributed by atoms with Gasteiger partial charge in [0.25, 0.3) is 5.91 Å². The molecular formula is C15H21ClN4O. The molecule has 3 aliphatic rings. The van der Waals surface area contributed by atoms with Crippen LogP contribution in [0.1, 0.15) is 29.4 Å². The maximum absolute atomic E-state index is 12.7. The van der Waals surface area contributed by atoms with Crippen molar-refractivity contribution in [2.75, 3.05) is 39.3 Å².